The van der Waals surface area contributed by atoms with Crippen molar-refractivity contribution in [3.8, 4) is 5.75 Å². The van der Waals surface area contributed by atoms with Gasteiger partial charge in [0.25, 0.3) is 0 Å². The Morgan fingerprint density at radius 1 is 1.14 bits per heavy atom. The average molecular weight is 482 g/mol. The molecule has 4 nitrogen and oxygen atoms in total. The van der Waals surface area contributed by atoms with E-state index in [-0.39, 0.29) is 24.0 Å². The van der Waals surface area contributed by atoms with Gasteiger partial charge < -0.3 is 14.8 Å². The first-order valence-corrected chi connectivity index (χ1v) is 12.5. The minimum atomic E-state index is -0.353. The summed E-state index contributed by atoms with van der Waals surface area (Å²) in [6.45, 7) is 11.2. The van der Waals surface area contributed by atoms with Crippen molar-refractivity contribution in [1.29, 1.82) is 0 Å². The third-order valence-electron chi connectivity index (χ3n) is 7.07. The summed E-state index contributed by atoms with van der Waals surface area (Å²) in [7, 11) is 1.41. The van der Waals surface area contributed by atoms with Crippen molar-refractivity contribution >= 4 is 16.7 Å². The number of esters is 1. The number of hydrogen-bond acceptors (Lipinski definition) is 4. The number of benzene rings is 3. The third-order valence-corrected chi connectivity index (χ3v) is 7.07. The summed E-state index contributed by atoms with van der Waals surface area (Å²) in [5.74, 6) is 0.562. The fraction of sp³-hybridized carbons (Fsp3) is 0.281. The van der Waals surface area contributed by atoms with E-state index < -0.39 is 0 Å². The van der Waals surface area contributed by atoms with Crippen LogP contribution in [0.2, 0.25) is 0 Å². The molecule has 0 aromatic heterocycles. The SMILES string of the molecule is C=C(/C(C)=C(\C=C/C)C(=O)OC)[C@@H]1C[C@H](CN[C@H](C)c2cccc3ccccc23)Oc2ccccc21. The van der Waals surface area contributed by atoms with E-state index in [0.717, 1.165) is 28.9 Å². The molecule has 3 atom stereocenters. The highest BCUT2D eigenvalue weighted by molar-refractivity contribution is 5.93. The number of fused-ring (bicyclic) bond motifs is 2. The Kier molecular flexibility index (Phi) is 8.07. The van der Waals surface area contributed by atoms with Crippen LogP contribution in [-0.4, -0.2) is 25.7 Å². The maximum atomic E-state index is 12.4. The molecule has 0 amide bonds. The lowest BCUT2D eigenvalue weighted by Crippen LogP contribution is -2.37. The highest BCUT2D eigenvalue weighted by Gasteiger charge is 2.31. The first-order chi connectivity index (χ1) is 17.4. The molecule has 1 aliphatic rings. The molecule has 3 aromatic rings. The summed E-state index contributed by atoms with van der Waals surface area (Å²) in [6, 6.07) is 23.2. The van der Waals surface area contributed by atoms with E-state index in [2.05, 4.69) is 67.4 Å². The molecule has 0 spiro atoms. The van der Waals surface area contributed by atoms with Crippen molar-refractivity contribution in [2.75, 3.05) is 13.7 Å². The number of carbonyl (C=O) groups excluding carboxylic acids is 1. The summed E-state index contributed by atoms with van der Waals surface area (Å²) in [5, 5.41) is 6.21. The Hall–Kier alpha value is -3.63. The fourth-order valence-electron chi connectivity index (χ4n) is 5.05. The Bertz CT molecular complexity index is 1310. The summed E-state index contributed by atoms with van der Waals surface area (Å²) >= 11 is 0. The quantitative estimate of drug-likeness (QED) is 0.213. The van der Waals surface area contributed by atoms with Gasteiger partial charge in [-0.2, -0.15) is 0 Å². The van der Waals surface area contributed by atoms with E-state index in [0.29, 0.717) is 12.1 Å². The van der Waals surface area contributed by atoms with Gasteiger partial charge in [-0.15, -0.1) is 0 Å². The number of hydrogen-bond donors (Lipinski definition) is 1. The summed E-state index contributed by atoms with van der Waals surface area (Å²) in [5.41, 5.74) is 4.67. The van der Waals surface area contributed by atoms with Crippen LogP contribution in [0.4, 0.5) is 0 Å². The molecule has 0 radical (unpaired) electrons. The zero-order chi connectivity index (χ0) is 25.7. The maximum Gasteiger partial charge on any atom is 0.338 e. The number of methoxy groups -OCH3 is 1. The predicted molar refractivity (Wildman–Crippen MR) is 147 cm³/mol. The molecule has 0 bridgehead atoms. The van der Waals surface area contributed by atoms with Crippen molar-refractivity contribution in [2.24, 2.45) is 0 Å². The number of allylic oxidation sites excluding steroid dienone is 3. The molecule has 3 aromatic carbocycles. The van der Waals surface area contributed by atoms with Crippen molar-refractivity contribution in [1.82, 2.24) is 5.32 Å². The lowest BCUT2D eigenvalue weighted by molar-refractivity contribution is -0.135. The second kappa shape index (κ2) is 11.4. The lowest BCUT2D eigenvalue weighted by Gasteiger charge is -2.34. The lowest BCUT2D eigenvalue weighted by atomic mass is 9.80. The number of nitrogens with one attached hydrogen (secondary N) is 1. The van der Waals surface area contributed by atoms with Crippen LogP contribution < -0.4 is 10.1 Å². The number of para-hydroxylation sites is 1. The molecule has 0 aliphatic carbocycles. The van der Waals surface area contributed by atoms with E-state index in [1.54, 1.807) is 6.08 Å². The summed E-state index contributed by atoms with van der Waals surface area (Å²) in [6.07, 6.45) is 4.38. The highest BCUT2D eigenvalue weighted by atomic mass is 16.5. The van der Waals surface area contributed by atoms with Crippen LogP contribution in [0.3, 0.4) is 0 Å². The molecule has 0 fully saturated rings. The van der Waals surface area contributed by atoms with Crippen LogP contribution in [-0.2, 0) is 9.53 Å². The second-order valence-corrected chi connectivity index (χ2v) is 9.32. The molecule has 0 saturated heterocycles. The smallest absolute Gasteiger partial charge is 0.338 e. The highest BCUT2D eigenvalue weighted by Crippen LogP contribution is 2.42. The summed E-state index contributed by atoms with van der Waals surface area (Å²) in [4.78, 5) is 12.4. The van der Waals surface area contributed by atoms with Gasteiger partial charge in [0.05, 0.1) is 12.7 Å². The molecule has 0 unspecified atom stereocenters. The van der Waals surface area contributed by atoms with Crippen molar-refractivity contribution in [2.45, 2.75) is 45.3 Å². The van der Waals surface area contributed by atoms with E-state index in [1.807, 2.05) is 38.1 Å². The molecule has 1 N–H and O–H groups in total. The van der Waals surface area contributed by atoms with Gasteiger partial charge in [0.1, 0.15) is 11.9 Å². The predicted octanol–water partition coefficient (Wildman–Crippen LogP) is 7.05. The number of ether oxygens (including phenoxy) is 2. The Balaban J connectivity index is 1.57. The van der Waals surface area contributed by atoms with Gasteiger partial charge in [0.15, 0.2) is 0 Å². The standard InChI is InChI=1S/C32H35NO3/c1-6-12-26(32(34)35-5)21(2)22(3)30-19-25(36-31-18-10-9-16-29(30)31)20-33-23(4)27-17-11-14-24-13-7-8-15-28(24)27/h6-18,23,25,30,33H,3,19-20H2,1-2,4-5H3/b12-6-,26-21+/t23-,25-,30+/m1/s1. The van der Waals surface area contributed by atoms with Gasteiger partial charge in [-0.05, 0) is 60.7 Å². The molecule has 36 heavy (non-hydrogen) atoms. The maximum absolute atomic E-state index is 12.4. The number of carbonyl (C=O) groups is 1. The summed E-state index contributed by atoms with van der Waals surface area (Å²) < 4.78 is 11.4. The number of rotatable bonds is 8. The topological polar surface area (TPSA) is 47.6 Å². The minimum Gasteiger partial charge on any atom is -0.489 e. The van der Waals surface area contributed by atoms with Crippen molar-refractivity contribution in [3.05, 3.63) is 113 Å². The van der Waals surface area contributed by atoms with Crippen LogP contribution in [0.1, 0.15) is 50.3 Å². The van der Waals surface area contributed by atoms with Crippen LogP contribution in [0, 0.1) is 0 Å². The molecule has 1 aliphatic heterocycles. The first kappa shape index (κ1) is 25.5. The Morgan fingerprint density at radius 2 is 1.86 bits per heavy atom. The van der Waals surface area contributed by atoms with Crippen LogP contribution in [0.25, 0.3) is 10.8 Å². The zero-order valence-corrected chi connectivity index (χ0v) is 21.6. The fourth-order valence-corrected chi connectivity index (χ4v) is 5.05. The minimum absolute atomic E-state index is 0.0322. The van der Waals surface area contributed by atoms with Crippen molar-refractivity contribution < 1.29 is 14.3 Å². The van der Waals surface area contributed by atoms with Crippen molar-refractivity contribution in [3.63, 3.8) is 0 Å². The molecule has 4 heteroatoms. The second-order valence-electron chi connectivity index (χ2n) is 9.32. The largest absolute Gasteiger partial charge is 0.489 e. The van der Waals surface area contributed by atoms with Gasteiger partial charge in [-0.3, -0.25) is 0 Å². The normalized spacial score (nSPS) is 18.8. The van der Waals surface area contributed by atoms with Gasteiger partial charge in [-0.25, -0.2) is 4.79 Å². The third kappa shape index (κ3) is 5.29. The van der Waals surface area contributed by atoms with Crippen LogP contribution >= 0.6 is 0 Å². The molecule has 1 heterocycles. The molecule has 186 valence electrons. The molecule has 0 saturated carbocycles. The molecular weight excluding hydrogens is 446 g/mol. The van der Waals surface area contributed by atoms with Gasteiger partial charge in [0.2, 0.25) is 0 Å². The van der Waals surface area contributed by atoms with E-state index in [9.17, 15) is 4.79 Å². The Labute approximate surface area is 214 Å². The average Bonchev–Trinajstić information content (AvgIpc) is 2.92. The van der Waals surface area contributed by atoms with E-state index in [4.69, 9.17) is 9.47 Å². The molecular formula is C32H35NO3. The zero-order valence-electron chi connectivity index (χ0n) is 21.6. The first-order valence-electron chi connectivity index (χ1n) is 12.5. The monoisotopic (exact) mass is 481 g/mol. The van der Waals surface area contributed by atoms with E-state index >= 15 is 0 Å². The van der Waals surface area contributed by atoms with Crippen LogP contribution in [0.15, 0.2) is 102 Å². The van der Waals surface area contributed by atoms with Gasteiger partial charge >= 0.3 is 5.97 Å². The molecule has 4 rings (SSSR count). The Morgan fingerprint density at radius 3 is 2.64 bits per heavy atom. The van der Waals surface area contributed by atoms with Gasteiger partial charge in [-0.1, -0.05) is 79.4 Å². The van der Waals surface area contributed by atoms with Gasteiger partial charge in [0, 0.05) is 24.1 Å². The van der Waals surface area contributed by atoms with Crippen LogP contribution in [0.5, 0.6) is 5.75 Å². The van der Waals surface area contributed by atoms with E-state index in [1.165, 1.54) is 23.4 Å².